The molecule has 0 unspecified atom stereocenters. The number of nitrogens with two attached hydrogens (primary N) is 1. The van der Waals surface area contributed by atoms with Gasteiger partial charge in [0.05, 0.1) is 22.1 Å². The van der Waals surface area contributed by atoms with Crippen molar-refractivity contribution >= 4 is 33.3 Å². The second-order valence-electron chi connectivity index (χ2n) is 8.77. The van der Waals surface area contributed by atoms with Crippen molar-refractivity contribution in [3.05, 3.63) is 65.0 Å². The number of fused-ring (bicyclic) bond motifs is 1. The second-order valence-corrected chi connectivity index (χ2v) is 9.56. The molecule has 0 bridgehead atoms. The van der Waals surface area contributed by atoms with Crippen LogP contribution in [0.1, 0.15) is 31.4 Å². The van der Waals surface area contributed by atoms with Crippen LogP contribution in [-0.4, -0.2) is 56.7 Å². The number of carbonyl (C=O) groups is 1. The summed E-state index contributed by atoms with van der Waals surface area (Å²) in [6.45, 7) is 3.10. The number of likely N-dealkylation sites (tertiary alicyclic amines) is 1. The Hall–Kier alpha value is -3.30. The highest BCUT2D eigenvalue weighted by molar-refractivity contribution is 9.10. The highest BCUT2D eigenvalue weighted by Crippen LogP contribution is 2.37. The number of nitrogens with zero attached hydrogens (tertiary/aromatic N) is 5. The number of halogens is 1. The number of hydrogen-bond donors (Lipinski definition) is 1. The first kappa shape index (κ1) is 23.4. The van der Waals surface area contributed by atoms with Crippen LogP contribution in [0.15, 0.2) is 59.3 Å². The summed E-state index contributed by atoms with van der Waals surface area (Å²) in [5.74, 6) is 0.717. The van der Waals surface area contributed by atoms with E-state index in [2.05, 4.69) is 26.0 Å². The van der Waals surface area contributed by atoms with Gasteiger partial charge in [0.1, 0.15) is 11.9 Å². The van der Waals surface area contributed by atoms with E-state index in [1.165, 1.54) is 0 Å². The zero-order valence-corrected chi connectivity index (χ0v) is 21.3. The van der Waals surface area contributed by atoms with Crippen molar-refractivity contribution in [2.24, 2.45) is 0 Å². The molecule has 1 fully saturated rings. The quantitative estimate of drug-likeness (QED) is 0.403. The molecule has 9 heteroatoms. The largest absolute Gasteiger partial charge is 0.383 e. The average Bonchev–Trinajstić information content (AvgIpc) is 3.34. The van der Waals surface area contributed by atoms with E-state index >= 15 is 0 Å². The number of methoxy groups -OCH3 is 1. The minimum absolute atomic E-state index is 0.0254. The van der Waals surface area contributed by atoms with E-state index in [1.54, 1.807) is 24.7 Å². The number of piperidine rings is 1. The highest BCUT2D eigenvalue weighted by atomic mass is 79.9. The van der Waals surface area contributed by atoms with E-state index in [4.69, 9.17) is 15.5 Å². The molecule has 4 heterocycles. The fraction of sp³-hybridized carbons (Fsp3) is 0.308. The maximum Gasteiger partial charge on any atom is 0.251 e. The number of pyridine rings is 1. The van der Waals surface area contributed by atoms with Gasteiger partial charge in [-0.25, -0.2) is 4.98 Å². The molecule has 180 valence electrons. The fourth-order valence-electron chi connectivity index (χ4n) is 4.55. The Morgan fingerprint density at radius 3 is 2.51 bits per heavy atom. The summed E-state index contributed by atoms with van der Waals surface area (Å²) in [5, 5.41) is 4.49. The molecule has 1 saturated heterocycles. The minimum atomic E-state index is -0.431. The molecular formula is C26H27BrN6O2. The van der Waals surface area contributed by atoms with Crippen molar-refractivity contribution in [2.75, 3.05) is 25.9 Å². The average molecular weight is 535 g/mol. The van der Waals surface area contributed by atoms with Crippen molar-refractivity contribution in [2.45, 2.75) is 31.8 Å². The van der Waals surface area contributed by atoms with Crippen molar-refractivity contribution < 1.29 is 9.53 Å². The molecule has 1 aliphatic rings. The van der Waals surface area contributed by atoms with Crippen LogP contribution in [0.4, 0.5) is 5.82 Å². The summed E-state index contributed by atoms with van der Waals surface area (Å²) in [7, 11) is 1.56. The van der Waals surface area contributed by atoms with E-state index < -0.39 is 6.10 Å². The molecule has 1 amide bonds. The lowest BCUT2D eigenvalue weighted by atomic mass is 9.93. The van der Waals surface area contributed by atoms with E-state index in [0.29, 0.717) is 24.6 Å². The third-order valence-electron chi connectivity index (χ3n) is 6.69. The third kappa shape index (κ3) is 4.41. The predicted octanol–water partition coefficient (Wildman–Crippen LogP) is 4.54. The summed E-state index contributed by atoms with van der Waals surface area (Å²) in [5.41, 5.74) is 11.8. The number of hydrogen-bond acceptors (Lipinski definition) is 6. The predicted molar refractivity (Wildman–Crippen MR) is 139 cm³/mol. The molecule has 5 rings (SSSR count). The number of amides is 1. The van der Waals surface area contributed by atoms with Gasteiger partial charge >= 0.3 is 0 Å². The Morgan fingerprint density at radius 2 is 1.86 bits per heavy atom. The Morgan fingerprint density at radius 1 is 1.11 bits per heavy atom. The third-order valence-corrected chi connectivity index (χ3v) is 7.50. The molecule has 2 N–H and O–H groups in total. The van der Waals surface area contributed by atoms with Gasteiger partial charge in [0.25, 0.3) is 5.91 Å². The Balaban J connectivity index is 1.44. The Bertz CT molecular complexity index is 1350. The summed E-state index contributed by atoms with van der Waals surface area (Å²) in [6.07, 6.45) is 4.81. The van der Waals surface area contributed by atoms with Crippen molar-refractivity contribution in [1.29, 1.82) is 0 Å². The maximum atomic E-state index is 12.5. The van der Waals surface area contributed by atoms with Crippen LogP contribution in [-0.2, 0) is 9.53 Å². The summed E-state index contributed by atoms with van der Waals surface area (Å²) in [4.78, 5) is 24.0. The first-order valence-electron chi connectivity index (χ1n) is 11.6. The fourth-order valence-corrected chi connectivity index (χ4v) is 5.13. The smallest absolute Gasteiger partial charge is 0.251 e. The van der Waals surface area contributed by atoms with Crippen molar-refractivity contribution in [1.82, 2.24) is 24.5 Å². The normalized spacial score (nSPS) is 15.5. The van der Waals surface area contributed by atoms with Gasteiger partial charge in [-0.2, -0.15) is 9.61 Å². The molecule has 0 aliphatic carbocycles. The number of nitrogen functional groups attached to an aromatic ring is 1. The number of aromatic nitrogens is 4. The Labute approximate surface area is 212 Å². The summed E-state index contributed by atoms with van der Waals surface area (Å²) in [6, 6.07) is 14.1. The number of rotatable bonds is 5. The van der Waals surface area contributed by atoms with E-state index in [0.717, 1.165) is 45.4 Å². The lowest BCUT2D eigenvalue weighted by Crippen LogP contribution is -2.43. The molecular weight excluding hydrogens is 508 g/mol. The number of benzene rings is 1. The van der Waals surface area contributed by atoms with Crippen LogP contribution in [0.25, 0.3) is 28.0 Å². The molecule has 1 atom stereocenters. The van der Waals surface area contributed by atoms with Gasteiger partial charge in [0.15, 0.2) is 5.65 Å². The van der Waals surface area contributed by atoms with Crippen LogP contribution in [0.3, 0.4) is 0 Å². The molecule has 4 aromatic rings. The van der Waals surface area contributed by atoms with Gasteiger partial charge in [-0.15, -0.1) is 0 Å². The summed E-state index contributed by atoms with van der Waals surface area (Å²) >= 11 is 3.66. The molecule has 8 nitrogen and oxygen atoms in total. The number of carbonyl (C=O) groups excluding carboxylic acids is 1. The van der Waals surface area contributed by atoms with Crippen LogP contribution in [0.2, 0.25) is 0 Å². The SMILES string of the molecule is CO[C@H](C)C(=O)N1CCC(c2nc3c(-c4ccc(-c5ccccc5)nc4)cnn3c(N)c2Br)CC1. The van der Waals surface area contributed by atoms with Crippen molar-refractivity contribution in [3.63, 3.8) is 0 Å². The summed E-state index contributed by atoms with van der Waals surface area (Å²) < 4.78 is 7.61. The van der Waals surface area contributed by atoms with Gasteiger partial charge in [-0.05, 0) is 41.8 Å². The number of anilines is 1. The monoisotopic (exact) mass is 534 g/mol. The van der Waals surface area contributed by atoms with Crippen molar-refractivity contribution in [3.8, 4) is 22.4 Å². The molecule has 35 heavy (non-hydrogen) atoms. The molecule has 3 aromatic heterocycles. The van der Waals surface area contributed by atoms with Crippen LogP contribution < -0.4 is 5.73 Å². The van der Waals surface area contributed by atoms with E-state index in [1.807, 2.05) is 53.6 Å². The first-order chi connectivity index (χ1) is 17.0. The molecule has 0 radical (unpaired) electrons. The standard InChI is InChI=1S/C26H27BrN6O2/c1-16(35-2)26(34)32-12-10-18(11-13-32)23-22(27)24(28)33-25(31-23)20(15-30-33)19-8-9-21(29-14-19)17-6-4-3-5-7-17/h3-9,14-16,18H,10-13,28H2,1-2H3/t16-/m1/s1. The van der Waals surface area contributed by atoms with Gasteiger partial charge in [-0.3, -0.25) is 9.78 Å². The van der Waals surface area contributed by atoms with Gasteiger partial charge in [0.2, 0.25) is 0 Å². The molecule has 0 spiro atoms. The number of ether oxygens (including phenoxy) is 1. The molecule has 1 aromatic carbocycles. The van der Waals surface area contributed by atoms with E-state index in [9.17, 15) is 4.79 Å². The highest BCUT2D eigenvalue weighted by Gasteiger charge is 2.29. The van der Waals surface area contributed by atoms with Crippen LogP contribution >= 0.6 is 15.9 Å². The topological polar surface area (TPSA) is 98.6 Å². The zero-order chi connectivity index (χ0) is 24.5. The van der Waals surface area contributed by atoms with Gasteiger partial charge in [0, 0.05) is 49.0 Å². The minimum Gasteiger partial charge on any atom is -0.383 e. The van der Waals surface area contributed by atoms with Gasteiger partial charge in [-0.1, -0.05) is 36.4 Å². The van der Waals surface area contributed by atoms with Crippen LogP contribution in [0, 0.1) is 0 Å². The zero-order valence-electron chi connectivity index (χ0n) is 19.7. The van der Waals surface area contributed by atoms with Gasteiger partial charge < -0.3 is 15.4 Å². The lowest BCUT2D eigenvalue weighted by molar-refractivity contribution is -0.142. The second kappa shape index (κ2) is 9.75. The van der Waals surface area contributed by atoms with Crippen LogP contribution in [0.5, 0.6) is 0 Å². The maximum absolute atomic E-state index is 12.5. The lowest BCUT2D eigenvalue weighted by Gasteiger charge is -2.33. The molecule has 1 aliphatic heterocycles. The first-order valence-corrected chi connectivity index (χ1v) is 12.4. The van der Waals surface area contributed by atoms with E-state index in [-0.39, 0.29) is 11.8 Å². The molecule has 0 saturated carbocycles. The Kier molecular flexibility index (Phi) is 6.53.